The second kappa shape index (κ2) is 9.78. The molecule has 2 aromatic carbocycles. The SMILES string of the molecule is COc1ccc(OC)c(/C=C/C(=O)NCc2ccc(C(=O)N3CCCC3)cc2)c1. The van der Waals surface area contributed by atoms with Crippen LogP contribution in [0.15, 0.2) is 48.5 Å². The van der Waals surface area contributed by atoms with Gasteiger partial charge < -0.3 is 19.7 Å². The van der Waals surface area contributed by atoms with Gasteiger partial charge in [0.05, 0.1) is 14.2 Å². The van der Waals surface area contributed by atoms with Crippen LogP contribution in [0.25, 0.3) is 6.08 Å². The summed E-state index contributed by atoms with van der Waals surface area (Å²) < 4.78 is 10.5. The number of benzene rings is 2. The maximum absolute atomic E-state index is 12.4. The lowest BCUT2D eigenvalue weighted by molar-refractivity contribution is -0.116. The number of carbonyl (C=O) groups excluding carboxylic acids is 2. The first-order valence-corrected chi connectivity index (χ1v) is 9.67. The molecular weight excluding hydrogens is 368 g/mol. The molecule has 1 aliphatic rings. The number of amides is 2. The van der Waals surface area contributed by atoms with Crippen molar-refractivity contribution in [2.75, 3.05) is 27.3 Å². The van der Waals surface area contributed by atoms with Gasteiger partial charge in [-0.15, -0.1) is 0 Å². The molecule has 0 radical (unpaired) electrons. The van der Waals surface area contributed by atoms with Crippen LogP contribution in [0.5, 0.6) is 11.5 Å². The van der Waals surface area contributed by atoms with E-state index >= 15 is 0 Å². The predicted octanol–water partition coefficient (Wildman–Crippen LogP) is 3.27. The Balaban J connectivity index is 1.55. The van der Waals surface area contributed by atoms with Crippen molar-refractivity contribution < 1.29 is 19.1 Å². The van der Waals surface area contributed by atoms with Gasteiger partial charge in [0, 0.05) is 36.8 Å². The van der Waals surface area contributed by atoms with E-state index in [1.807, 2.05) is 29.2 Å². The van der Waals surface area contributed by atoms with E-state index in [1.165, 1.54) is 6.08 Å². The van der Waals surface area contributed by atoms with E-state index in [1.54, 1.807) is 38.5 Å². The van der Waals surface area contributed by atoms with Crippen LogP contribution in [0, 0.1) is 0 Å². The lowest BCUT2D eigenvalue weighted by Crippen LogP contribution is -2.27. The number of methoxy groups -OCH3 is 2. The molecule has 0 aromatic heterocycles. The monoisotopic (exact) mass is 394 g/mol. The van der Waals surface area contributed by atoms with E-state index in [-0.39, 0.29) is 11.8 Å². The van der Waals surface area contributed by atoms with E-state index in [2.05, 4.69) is 5.32 Å². The standard InChI is InChI=1S/C23H26N2O4/c1-28-20-10-11-21(29-2)19(15-20)9-12-22(26)24-16-17-5-7-18(8-6-17)23(27)25-13-3-4-14-25/h5-12,15H,3-4,13-14,16H2,1-2H3,(H,24,26)/b12-9+. The average molecular weight is 394 g/mol. The molecule has 0 unspecified atom stereocenters. The van der Waals surface area contributed by atoms with Crippen molar-refractivity contribution in [1.82, 2.24) is 10.2 Å². The van der Waals surface area contributed by atoms with Crippen molar-refractivity contribution in [3.8, 4) is 11.5 Å². The van der Waals surface area contributed by atoms with Crippen molar-refractivity contribution >= 4 is 17.9 Å². The maximum atomic E-state index is 12.4. The summed E-state index contributed by atoms with van der Waals surface area (Å²) in [5.74, 6) is 1.21. The molecule has 3 rings (SSSR count). The number of hydrogen-bond donors (Lipinski definition) is 1. The molecular formula is C23H26N2O4. The fourth-order valence-corrected chi connectivity index (χ4v) is 3.25. The third-order valence-corrected chi connectivity index (χ3v) is 4.91. The zero-order valence-corrected chi connectivity index (χ0v) is 16.8. The Labute approximate surface area is 171 Å². The highest BCUT2D eigenvalue weighted by atomic mass is 16.5. The summed E-state index contributed by atoms with van der Waals surface area (Å²) in [5, 5.41) is 2.85. The van der Waals surface area contributed by atoms with Crippen molar-refractivity contribution in [3.05, 3.63) is 65.2 Å². The van der Waals surface area contributed by atoms with Crippen LogP contribution in [0.4, 0.5) is 0 Å². The minimum absolute atomic E-state index is 0.0771. The smallest absolute Gasteiger partial charge is 0.253 e. The van der Waals surface area contributed by atoms with Gasteiger partial charge in [-0.05, 0) is 54.8 Å². The first kappa shape index (κ1) is 20.5. The third kappa shape index (κ3) is 5.38. The van der Waals surface area contributed by atoms with E-state index in [4.69, 9.17) is 9.47 Å². The number of likely N-dealkylation sites (tertiary alicyclic amines) is 1. The molecule has 0 bridgehead atoms. The molecule has 0 saturated carbocycles. The van der Waals surface area contributed by atoms with Crippen LogP contribution in [-0.2, 0) is 11.3 Å². The summed E-state index contributed by atoms with van der Waals surface area (Å²) in [6.45, 7) is 2.05. The lowest BCUT2D eigenvalue weighted by Gasteiger charge is -2.15. The summed E-state index contributed by atoms with van der Waals surface area (Å²) in [6.07, 6.45) is 5.30. The second-order valence-electron chi connectivity index (χ2n) is 6.86. The molecule has 1 N–H and O–H groups in total. The number of hydrogen-bond acceptors (Lipinski definition) is 4. The Bertz CT molecular complexity index is 884. The molecule has 0 aliphatic carbocycles. The quantitative estimate of drug-likeness (QED) is 0.732. The molecule has 1 heterocycles. The number of carbonyl (C=O) groups is 2. The van der Waals surface area contributed by atoms with E-state index < -0.39 is 0 Å². The second-order valence-corrected chi connectivity index (χ2v) is 6.86. The molecule has 6 nitrogen and oxygen atoms in total. The minimum Gasteiger partial charge on any atom is -0.497 e. The van der Waals surface area contributed by atoms with E-state index in [0.717, 1.165) is 37.1 Å². The van der Waals surface area contributed by atoms with E-state index in [9.17, 15) is 9.59 Å². The van der Waals surface area contributed by atoms with Crippen LogP contribution in [-0.4, -0.2) is 44.0 Å². The molecule has 1 fully saturated rings. The van der Waals surface area contributed by atoms with Gasteiger partial charge >= 0.3 is 0 Å². The first-order valence-electron chi connectivity index (χ1n) is 9.67. The van der Waals surface area contributed by atoms with Crippen molar-refractivity contribution in [2.45, 2.75) is 19.4 Å². The summed E-state index contributed by atoms with van der Waals surface area (Å²) >= 11 is 0. The average Bonchev–Trinajstić information content (AvgIpc) is 3.30. The summed E-state index contributed by atoms with van der Waals surface area (Å²) in [6, 6.07) is 12.8. The van der Waals surface area contributed by atoms with Crippen LogP contribution in [0.3, 0.4) is 0 Å². The topological polar surface area (TPSA) is 67.9 Å². The van der Waals surface area contributed by atoms with Crippen LogP contribution >= 0.6 is 0 Å². The van der Waals surface area contributed by atoms with Gasteiger partial charge in [-0.1, -0.05) is 12.1 Å². The Morgan fingerprint density at radius 3 is 2.41 bits per heavy atom. The predicted molar refractivity (Wildman–Crippen MR) is 112 cm³/mol. The van der Waals surface area contributed by atoms with Gasteiger partial charge in [0.1, 0.15) is 11.5 Å². The molecule has 2 amide bonds. The third-order valence-electron chi connectivity index (χ3n) is 4.91. The first-order chi connectivity index (χ1) is 14.1. The Hall–Kier alpha value is -3.28. The number of nitrogens with one attached hydrogen (secondary N) is 1. The van der Waals surface area contributed by atoms with Gasteiger partial charge in [0.15, 0.2) is 0 Å². The van der Waals surface area contributed by atoms with Crippen molar-refractivity contribution in [2.24, 2.45) is 0 Å². The molecule has 2 aromatic rings. The zero-order chi connectivity index (χ0) is 20.6. The number of ether oxygens (including phenoxy) is 2. The van der Waals surface area contributed by atoms with Gasteiger partial charge in [-0.3, -0.25) is 9.59 Å². The summed E-state index contributed by atoms with van der Waals surface area (Å²) in [4.78, 5) is 26.4. The van der Waals surface area contributed by atoms with Gasteiger partial charge in [0.25, 0.3) is 5.91 Å². The minimum atomic E-state index is -0.216. The molecule has 152 valence electrons. The maximum Gasteiger partial charge on any atom is 0.253 e. The fraction of sp³-hybridized carbons (Fsp3) is 0.304. The summed E-state index contributed by atoms with van der Waals surface area (Å²) in [5.41, 5.74) is 2.38. The largest absolute Gasteiger partial charge is 0.497 e. The molecule has 0 atom stereocenters. The van der Waals surface area contributed by atoms with Crippen molar-refractivity contribution in [1.29, 1.82) is 0 Å². The fourth-order valence-electron chi connectivity index (χ4n) is 3.25. The lowest BCUT2D eigenvalue weighted by atomic mass is 10.1. The van der Waals surface area contributed by atoms with Crippen LogP contribution < -0.4 is 14.8 Å². The number of nitrogens with zero attached hydrogens (tertiary/aromatic N) is 1. The highest BCUT2D eigenvalue weighted by molar-refractivity contribution is 5.94. The van der Waals surface area contributed by atoms with Crippen molar-refractivity contribution in [3.63, 3.8) is 0 Å². The molecule has 1 saturated heterocycles. The highest BCUT2D eigenvalue weighted by Crippen LogP contribution is 2.25. The van der Waals surface area contributed by atoms with Crippen LogP contribution in [0.2, 0.25) is 0 Å². The highest BCUT2D eigenvalue weighted by Gasteiger charge is 2.19. The normalized spacial score (nSPS) is 13.5. The molecule has 6 heteroatoms. The van der Waals surface area contributed by atoms with E-state index in [0.29, 0.717) is 23.6 Å². The van der Waals surface area contributed by atoms with Crippen LogP contribution in [0.1, 0.15) is 34.3 Å². The molecule has 1 aliphatic heterocycles. The van der Waals surface area contributed by atoms with Gasteiger partial charge in [0.2, 0.25) is 5.91 Å². The Morgan fingerprint density at radius 2 is 1.76 bits per heavy atom. The number of rotatable bonds is 7. The van der Waals surface area contributed by atoms with Gasteiger partial charge in [-0.2, -0.15) is 0 Å². The molecule has 29 heavy (non-hydrogen) atoms. The Kier molecular flexibility index (Phi) is 6.89. The Morgan fingerprint density at radius 1 is 1.03 bits per heavy atom. The van der Waals surface area contributed by atoms with Gasteiger partial charge in [-0.25, -0.2) is 0 Å². The molecule has 0 spiro atoms. The zero-order valence-electron chi connectivity index (χ0n) is 16.8. The summed E-state index contributed by atoms with van der Waals surface area (Å²) in [7, 11) is 3.17.